The van der Waals surface area contributed by atoms with Gasteiger partial charge in [-0.1, -0.05) is 24.6 Å². The Labute approximate surface area is 122 Å². The van der Waals surface area contributed by atoms with Crippen LogP contribution in [0.15, 0.2) is 18.2 Å². The van der Waals surface area contributed by atoms with Crippen LogP contribution in [-0.4, -0.2) is 26.3 Å². The van der Waals surface area contributed by atoms with Gasteiger partial charge in [-0.15, -0.1) is 0 Å². The molecule has 2 nitrogen and oxygen atoms in total. The molecule has 6 heteroatoms. The van der Waals surface area contributed by atoms with Gasteiger partial charge in [0.15, 0.2) is 0 Å². The number of halogens is 4. The number of benzene rings is 1. The van der Waals surface area contributed by atoms with Crippen LogP contribution in [-0.2, 0) is 0 Å². The van der Waals surface area contributed by atoms with Crippen LogP contribution in [0.5, 0.6) is 0 Å². The van der Waals surface area contributed by atoms with Gasteiger partial charge in [0.05, 0.1) is 10.7 Å². The first-order valence-corrected chi connectivity index (χ1v) is 6.93. The minimum absolute atomic E-state index is 0.120. The first-order valence-electron chi connectivity index (χ1n) is 6.55. The van der Waals surface area contributed by atoms with Crippen LogP contribution in [0.4, 0.5) is 18.9 Å². The molecule has 0 radical (unpaired) electrons. The third-order valence-corrected chi connectivity index (χ3v) is 3.30. The van der Waals surface area contributed by atoms with Crippen molar-refractivity contribution in [2.75, 3.05) is 25.0 Å². The lowest BCUT2D eigenvalue weighted by molar-refractivity contribution is -0.119. The molecular formula is C14H20ClF3N2. The molecular weight excluding hydrogens is 289 g/mol. The number of hydrogen-bond acceptors (Lipinski definition) is 2. The van der Waals surface area contributed by atoms with E-state index in [0.717, 1.165) is 23.4 Å². The van der Waals surface area contributed by atoms with Crippen LogP contribution >= 0.6 is 11.6 Å². The van der Waals surface area contributed by atoms with Crippen molar-refractivity contribution >= 4 is 17.3 Å². The summed E-state index contributed by atoms with van der Waals surface area (Å²) in [7, 11) is 1.38. The lowest BCUT2D eigenvalue weighted by Crippen LogP contribution is -2.31. The zero-order valence-corrected chi connectivity index (χ0v) is 12.6. The van der Waals surface area contributed by atoms with E-state index < -0.39 is 12.7 Å². The van der Waals surface area contributed by atoms with Crippen molar-refractivity contribution in [2.24, 2.45) is 0 Å². The molecule has 1 unspecified atom stereocenters. The summed E-state index contributed by atoms with van der Waals surface area (Å²) >= 11 is 6.09. The molecule has 0 saturated carbocycles. The summed E-state index contributed by atoms with van der Waals surface area (Å²) < 4.78 is 37.1. The van der Waals surface area contributed by atoms with Crippen molar-refractivity contribution in [3.8, 4) is 0 Å². The van der Waals surface area contributed by atoms with Crippen LogP contribution in [0.3, 0.4) is 0 Å². The molecule has 0 heterocycles. The highest BCUT2D eigenvalue weighted by atomic mass is 35.5. The van der Waals surface area contributed by atoms with Crippen molar-refractivity contribution in [3.05, 3.63) is 28.8 Å². The topological polar surface area (TPSA) is 15.3 Å². The Morgan fingerprint density at radius 1 is 1.35 bits per heavy atom. The summed E-state index contributed by atoms with van der Waals surface area (Å²) in [5, 5.41) is 3.64. The largest absolute Gasteiger partial charge is 0.405 e. The molecule has 0 bridgehead atoms. The average molecular weight is 309 g/mol. The first-order chi connectivity index (χ1) is 9.24. The average Bonchev–Trinajstić information content (AvgIpc) is 2.33. The number of rotatable bonds is 6. The zero-order chi connectivity index (χ0) is 15.3. The summed E-state index contributed by atoms with van der Waals surface area (Å²) in [6.45, 7) is 3.94. The van der Waals surface area contributed by atoms with Crippen molar-refractivity contribution < 1.29 is 13.2 Å². The van der Waals surface area contributed by atoms with Gasteiger partial charge in [0.1, 0.15) is 6.54 Å². The minimum atomic E-state index is -4.24. The van der Waals surface area contributed by atoms with E-state index >= 15 is 0 Å². The predicted octanol–water partition coefficient (Wildman–Crippen LogP) is 4.40. The Morgan fingerprint density at radius 2 is 2.00 bits per heavy atom. The van der Waals surface area contributed by atoms with Gasteiger partial charge in [-0.3, -0.25) is 0 Å². The Bertz CT molecular complexity index is 435. The van der Waals surface area contributed by atoms with E-state index in [-0.39, 0.29) is 6.04 Å². The molecule has 0 aliphatic carbocycles. The van der Waals surface area contributed by atoms with Gasteiger partial charge in [0.2, 0.25) is 0 Å². The van der Waals surface area contributed by atoms with Gasteiger partial charge in [-0.25, -0.2) is 0 Å². The van der Waals surface area contributed by atoms with E-state index in [4.69, 9.17) is 11.6 Å². The second-order valence-corrected chi connectivity index (χ2v) is 5.27. The highest BCUT2D eigenvalue weighted by Gasteiger charge is 2.30. The van der Waals surface area contributed by atoms with E-state index in [9.17, 15) is 13.2 Å². The molecule has 1 N–H and O–H groups in total. The summed E-state index contributed by atoms with van der Waals surface area (Å²) in [6.07, 6.45) is -3.23. The van der Waals surface area contributed by atoms with E-state index in [2.05, 4.69) is 12.2 Å². The van der Waals surface area contributed by atoms with Gasteiger partial charge in [0.25, 0.3) is 0 Å². The van der Waals surface area contributed by atoms with Gasteiger partial charge in [-0.05, 0) is 37.6 Å². The Kier molecular flexibility index (Phi) is 6.14. The van der Waals surface area contributed by atoms with Gasteiger partial charge in [0, 0.05) is 13.1 Å². The molecule has 0 aliphatic heterocycles. The summed E-state index contributed by atoms with van der Waals surface area (Å²) in [5.41, 5.74) is 1.35. The van der Waals surface area contributed by atoms with Crippen LogP contribution in [0.1, 0.15) is 31.9 Å². The molecule has 0 spiro atoms. The molecule has 1 aromatic rings. The monoisotopic (exact) mass is 308 g/mol. The van der Waals surface area contributed by atoms with Crippen molar-refractivity contribution in [2.45, 2.75) is 32.5 Å². The fourth-order valence-electron chi connectivity index (χ4n) is 1.93. The number of anilines is 1. The lowest BCUT2D eigenvalue weighted by Gasteiger charge is -2.23. The summed E-state index contributed by atoms with van der Waals surface area (Å²) in [6, 6.07) is 5.28. The lowest BCUT2D eigenvalue weighted by atomic mass is 10.1. The Morgan fingerprint density at radius 3 is 2.50 bits per heavy atom. The maximum atomic E-state index is 12.4. The predicted molar refractivity (Wildman–Crippen MR) is 77.5 cm³/mol. The molecule has 0 fully saturated rings. The van der Waals surface area contributed by atoms with Gasteiger partial charge >= 0.3 is 6.18 Å². The van der Waals surface area contributed by atoms with Crippen molar-refractivity contribution in [3.63, 3.8) is 0 Å². The zero-order valence-electron chi connectivity index (χ0n) is 11.9. The first kappa shape index (κ1) is 17.1. The second-order valence-electron chi connectivity index (χ2n) is 4.86. The smallest absolute Gasteiger partial charge is 0.365 e. The molecule has 20 heavy (non-hydrogen) atoms. The van der Waals surface area contributed by atoms with E-state index in [1.807, 2.05) is 6.92 Å². The highest BCUT2D eigenvalue weighted by Crippen LogP contribution is 2.30. The van der Waals surface area contributed by atoms with E-state index in [0.29, 0.717) is 10.7 Å². The maximum Gasteiger partial charge on any atom is 0.405 e. The number of hydrogen-bond donors (Lipinski definition) is 1. The SMILES string of the molecule is CCCNC(C)c1ccc(N(C)CC(F)(F)F)c(Cl)c1. The van der Waals surface area contributed by atoms with Crippen LogP contribution < -0.4 is 10.2 Å². The van der Waals surface area contributed by atoms with Crippen molar-refractivity contribution in [1.82, 2.24) is 5.32 Å². The number of alkyl halides is 3. The van der Waals surface area contributed by atoms with Gasteiger partial charge < -0.3 is 10.2 Å². The third-order valence-electron chi connectivity index (χ3n) is 3.00. The highest BCUT2D eigenvalue weighted by molar-refractivity contribution is 6.33. The second kappa shape index (κ2) is 7.18. The minimum Gasteiger partial charge on any atom is -0.365 e. The van der Waals surface area contributed by atoms with Crippen LogP contribution in [0, 0.1) is 0 Å². The summed E-state index contributed by atoms with van der Waals surface area (Å²) in [5.74, 6) is 0. The Balaban J connectivity index is 2.82. The molecule has 1 rings (SSSR count). The molecule has 0 amide bonds. The van der Waals surface area contributed by atoms with E-state index in [1.54, 1.807) is 18.2 Å². The molecule has 0 saturated heterocycles. The van der Waals surface area contributed by atoms with E-state index in [1.165, 1.54) is 7.05 Å². The molecule has 0 aromatic heterocycles. The van der Waals surface area contributed by atoms with Gasteiger partial charge in [-0.2, -0.15) is 13.2 Å². The fourth-order valence-corrected chi connectivity index (χ4v) is 2.27. The standard InChI is InChI=1S/C14H20ClF3N2/c1-4-7-19-10(2)11-5-6-13(12(15)8-11)20(3)9-14(16,17)18/h5-6,8,10,19H,4,7,9H2,1-3H3. The van der Waals surface area contributed by atoms with Crippen LogP contribution in [0.25, 0.3) is 0 Å². The molecule has 0 aliphatic rings. The van der Waals surface area contributed by atoms with Crippen molar-refractivity contribution in [1.29, 1.82) is 0 Å². The quantitative estimate of drug-likeness (QED) is 0.838. The summed E-state index contributed by atoms with van der Waals surface area (Å²) in [4.78, 5) is 1.11. The molecule has 114 valence electrons. The fraction of sp³-hybridized carbons (Fsp3) is 0.571. The van der Waals surface area contributed by atoms with Crippen LogP contribution in [0.2, 0.25) is 5.02 Å². The molecule has 1 atom stereocenters. The maximum absolute atomic E-state index is 12.4. The normalized spacial score (nSPS) is 13.3. The third kappa shape index (κ3) is 5.21. The molecule has 1 aromatic carbocycles. The number of nitrogens with zero attached hydrogens (tertiary/aromatic N) is 1. The number of nitrogens with one attached hydrogen (secondary N) is 1. The Hall–Kier alpha value is -0.940.